The highest BCUT2D eigenvalue weighted by Crippen LogP contribution is 2.61. The van der Waals surface area contributed by atoms with Gasteiger partial charge in [-0.2, -0.15) is 0 Å². The molecular formula is C19H23N2O3P. The van der Waals surface area contributed by atoms with Crippen LogP contribution in [0.1, 0.15) is 30.9 Å². The maximum absolute atomic E-state index is 13.2. The van der Waals surface area contributed by atoms with E-state index in [1.165, 1.54) is 0 Å². The van der Waals surface area contributed by atoms with E-state index in [1.54, 1.807) is 44.5 Å². The summed E-state index contributed by atoms with van der Waals surface area (Å²) >= 11 is 0. The fourth-order valence-electron chi connectivity index (χ4n) is 2.24. The van der Waals surface area contributed by atoms with Gasteiger partial charge in [-0.05, 0) is 37.6 Å². The van der Waals surface area contributed by atoms with E-state index in [1.807, 2.05) is 42.5 Å². The maximum atomic E-state index is 13.2. The summed E-state index contributed by atoms with van der Waals surface area (Å²) in [5.74, 6) is -0.797. The van der Waals surface area contributed by atoms with E-state index in [0.29, 0.717) is 5.69 Å². The van der Waals surface area contributed by atoms with Crippen molar-refractivity contribution in [2.75, 3.05) is 13.2 Å². The van der Waals surface area contributed by atoms with E-state index < -0.39 is 13.4 Å². The molecule has 0 fully saturated rings. The summed E-state index contributed by atoms with van der Waals surface area (Å²) in [6, 6.07) is 15.3. The molecule has 6 heteroatoms. The number of rotatable bonds is 9. The molecule has 1 aromatic heterocycles. The highest BCUT2D eigenvalue weighted by atomic mass is 31.2. The molecule has 1 aromatic carbocycles. The molecule has 0 aliphatic heterocycles. The first-order valence-corrected chi connectivity index (χ1v) is 9.85. The molecule has 1 atom stereocenters. The van der Waals surface area contributed by atoms with Crippen LogP contribution in [-0.4, -0.2) is 24.4 Å². The Balaban J connectivity index is 2.27. The van der Waals surface area contributed by atoms with E-state index in [0.717, 1.165) is 5.56 Å². The minimum atomic E-state index is -3.46. The first-order chi connectivity index (χ1) is 12.2. The number of pyridine rings is 1. The van der Waals surface area contributed by atoms with Crippen LogP contribution in [0, 0.1) is 0 Å². The number of nitrogens with zero attached hydrogens (tertiary/aromatic N) is 2. The maximum Gasteiger partial charge on any atom is 0.361 e. The van der Waals surface area contributed by atoms with E-state index in [4.69, 9.17) is 9.05 Å². The summed E-state index contributed by atoms with van der Waals surface area (Å²) in [4.78, 5) is 8.71. The van der Waals surface area contributed by atoms with Gasteiger partial charge >= 0.3 is 7.60 Å². The van der Waals surface area contributed by atoms with Crippen molar-refractivity contribution in [3.63, 3.8) is 0 Å². The Bertz CT molecular complexity index is 723. The number of allylic oxidation sites excluding steroid dienone is 1. The van der Waals surface area contributed by atoms with Crippen molar-refractivity contribution in [3.05, 3.63) is 72.1 Å². The van der Waals surface area contributed by atoms with Crippen molar-refractivity contribution in [1.82, 2.24) is 4.98 Å². The van der Waals surface area contributed by atoms with Crippen LogP contribution >= 0.6 is 7.60 Å². The summed E-state index contributed by atoms with van der Waals surface area (Å²) in [6.45, 7) is 4.10. The van der Waals surface area contributed by atoms with E-state index >= 15 is 0 Å². The number of hydrogen-bond acceptors (Lipinski definition) is 5. The van der Waals surface area contributed by atoms with Crippen LogP contribution in [0.15, 0.2) is 65.8 Å². The minimum absolute atomic E-state index is 0.274. The SMILES string of the molecule is CCOP(=O)(OCC)C(/N=C\C=C\c1ccccc1)c1ccccn1. The zero-order valence-corrected chi connectivity index (χ0v) is 15.4. The van der Waals surface area contributed by atoms with Crippen LogP contribution in [0.3, 0.4) is 0 Å². The molecule has 0 aliphatic carbocycles. The first kappa shape index (κ1) is 19.3. The van der Waals surface area contributed by atoms with E-state index in [9.17, 15) is 4.57 Å². The second-order valence-corrected chi connectivity index (χ2v) is 7.16. The van der Waals surface area contributed by atoms with Crippen LogP contribution < -0.4 is 0 Å². The third-order valence-electron chi connectivity index (χ3n) is 3.27. The van der Waals surface area contributed by atoms with Gasteiger partial charge in [-0.3, -0.25) is 14.5 Å². The molecule has 0 saturated carbocycles. The molecule has 2 rings (SSSR count). The summed E-state index contributed by atoms with van der Waals surface area (Å²) in [6.07, 6.45) is 6.97. The summed E-state index contributed by atoms with van der Waals surface area (Å²) in [5.41, 5.74) is 1.61. The van der Waals surface area contributed by atoms with Crippen molar-refractivity contribution in [2.24, 2.45) is 4.99 Å². The third-order valence-corrected chi connectivity index (χ3v) is 5.50. The van der Waals surface area contributed by atoms with Crippen molar-refractivity contribution in [2.45, 2.75) is 19.6 Å². The van der Waals surface area contributed by atoms with Crippen molar-refractivity contribution in [1.29, 1.82) is 0 Å². The van der Waals surface area contributed by atoms with Crippen LogP contribution in [0.25, 0.3) is 6.08 Å². The zero-order chi connectivity index (χ0) is 18.0. The first-order valence-electron chi connectivity index (χ1n) is 8.24. The van der Waals surface area contributed by atoms with Crippen LogP contribution in [-0.2, 0) is 13.6 Å². The Labute approximate surface area is 149 Å². The van der Waals surface area contributed by atoms with Gasteiger partial charge in [-0.1, -0.05) is 42.5 Å². The Hall–Kier alpha value is -2.07. The Kier molecular flexibility index (Phi) is 7.74. The fraction of sp³-hybridized carbons (Fsp3) is 0.263. The lowest BCUT2D eigenvalue weighted by Crippen LogP contribution is -2.06. The van der Waals surface area contributed by atoms with Crippen molar-refractivity contribution in [3.8, 4) is 0 Å². The Morgan fingerprint density at radius 1 is 1.08 bits per heavy atom. The lowest BCUT2D eigenvalue weighted by atomic mass is 10.2. The second-order valence-electron chi connectivity index (χ2n) is 5.07. The van der Waals surface area contributed by atoms with Crippen molar-refractivity contribution < 1.29 is 13.6 Å². The molecule has 25 heavy (non-hydrogen) atoms. The molecule has 132 valence electrons. The molecule has 0 amide bonds. The molecule has 2 aromatic rings. The standard InChI is InChI=1S/C19H23N2O3P/c1-3-23-25(22,24-4-2)19(18-14-8-9-15-20-18)21-16-10-13-17-11-6-5-7-12-17/h5-16,19H,3-4H2,1-2H3/b13-10+,21-16-. The molecule has 0 bridgehead atoms. The lowest BCUT2D eigenvalue weighted by Gasteiger charge is -2.22. The van der Waals surface area contributed by atoms with Gasteiger partial charge < -0.3 is 9.05 Å². The van der Waals surface area contributed by atoms with E-state index in [2.05, 4.69) is 9.98 Å². The zero-order valence-electron chi connectivity index (χ0n) is 14.5. The highest BCUT2D eigenvalue weighted by Gasteiger charge is 2.37. The molecular weight excluding hydrogens is 335 g/mol. The molecule has 5 nitrogen and oxygen atoms in total. The van der Waals surface area contributed by atoms with Gasteiger partial charge in [-0.25, -0.2) is 0 Å². The third kappa shape index (κ3) is 5.75. The van der Waals surface area contributed by atoms with Gasteiger partial charge in [0.1, 0.15) is 0 Å². The highest BCUT2D eigenvalue weighted by molar-refractivity contribution is 7.54. The summed E-state index contributed by atoms with van der Waals surface area (Å²) < 4.78 is 24.1. The average molecular weight is 358 g/mol. The predicted molar refractivity (Wildman–Crippen MR) is 102 cm³/mol. The molecule has 0 aliphatic rings. The minimum Gasteiger partial charge on any atom is -0.307 e. The summed E-state index contributed by atoms with van der Waals surface area (Å²) in [5, 5.41) is 0. The van der Waals surface area contributed by atoms with Crippen LogP contribution in [0.5, 0.6) is 0 Å². The van der Waals surface area contributed by atoms with Gasteiger partial charge in [0.25, 0.3) is 0 Å². The molecule has 0 N–H and O–H groups in total. The fourth-order valence-corrected chi connectivity index (χ4v) is 4.03. The van der Waals surface area contributed by atoms with Crippen molar-refractivity contribution >= 4 is 19.9 Å². The summed E-state index contributed by atoms with van der Waals surface area (Å²) in [7, 11) is -3.46. The van der Waals surface area contributed by atoms with Gasteiger partial charge in [-0.15, -0.1) is 0 Å². The second kappa shape index (κ2) is 10.0. The molecule has 1 unspecified atom stereocenters. The Morgan fingerprint density at radius 2 is 1.76 bits per heavy atom. The lowest BCUT2D eigenvalue weighted by molar-refractivity contribution is 0.212. The van der Waals surface area contributed by atoms with Gasteiger partial charge in [0, 0.05) is 12.4 Å². The molecule has 0 saturated heterocycles. The van der Waals surface area contributed by atoms with Gasteiger partial charge in [0.05, 0.1) is 18.9 Å². The normalized spacial score (nSPS) is 13.5. The van der Waals surface area contributed by atoms with E-state index in [-0.39, 0.29) is 13.2 Å². The molecule has 0 spiro atoms. The van der Waals surface area contributed by atoms with Crippen LogP contribution in [0.4, 0.5) is 0 Å². The monoisotopic (exact) mass is 358 g/mol. The average Bonchev–Trinajstić information content (AvgIpc) is 2.63. The predicted octanol–water partition coefficient (Wildman–Crippen LogP) is 5.13. The Morgan fingerprint density at radius 3 is 2.36 bits per heavy atom. The number of aromatic nitrogens is 1. The number of hydrogen-bond donors (Lipinski definition) is 0. The van der Waals surface area contributed by atoms with Crippen LogP contribution in [0.2, 0.25) is 0 Å². The smallest absolute Gasteiger partial charge is 0.307 e. The number of aliphatic imine (C=N–C) groups is 1. The topological polar surface area (TPSA) is 60.8 Å². The largest absolute Gasteiger partial charge is 0.361 e. The molecule has 1 heterocycles. The molecule has 0 radical (unpaired) electrons. The quantitative estimate of drug-likeness (QED) is 0.460. The number of benzene rings is 1. The van der Waals surface area contributed by atoms with Gasteiger partial charge in [0.15, 0.2) is 5.78 Å². The van der Waals surface area contributed by atoms with Gasteiger partial charge in [0.2, 0.25) is 0 Å².